The van der Waals surface area contributed by atoms with E-state index in [1.807, 2.05) is 0 Å². The lowest BCUT2D eigenvalue weighted by Gasteiger charge is -2.39. The van der Waals surface area contributed by atoms with Crippen LogP contribution in [0.25, 0.3) is 0 Å². The molecule has 1 atom stereocenters. The SMILES string of the molecule is CC(C)C1CCCN1CC1(O)CCNCC1. The van der Waals surface area contributed by atoms with Crippen molar-refractivity contribution >= 4 is 0 Å². The van der Waals surface area contributed by atoms with Gasteiger partial charge in [-0.25, -0.2) is 0 Å². The quantitative estimate of drug-likeness (QED) is 0.759. The van der Waals surface area contributed by atoms with Gasteiger partial charge in [0.25, 0.3) is 0 Å². The molecule has 3 nitrogen and oxygen atoms in total. The number of nitrogens with zero attached hydrogens (tertiary/aromatic N) is 1. The van der Waals surface area contributed by atoms with Crippen molar-refractivity contribution in [3.63, 3.8) is 0 Å². The number of hydrogen-bond donors (Lipinski definition) is 2. The molecule has 0 spiro atoms. The molecule has 0 bridgehead atoms. The Morgan fingerprint density at radius 1 is 1.38 bits per heavy atom. The second-order valence-corrected chi connectivity index (χ2v) is 5.90. The van der Waals surface area contributed by atoms with Gasteiger partial charge >= 0.3 is 0 Å². The Bertz CT molecular complexity index is 224. The van der Waals surface area contributed by atoms with Gasteiger partial charge in [-0.1, -0.05) is 13.8 Å². The Hall–Kier alpha value is -0.120. The molecule has 1 unspecified atom stereocenters. The van der Waals surface area contributed by atoms with Gasteiger partial charge in [-0.05, 0) is 51.2 Å². The standard InChI is InChI=1S/C13H26N2O/c1-11(2)12-4-3-9-15(12)10-13(16)5-7-14-8-6-13/h11-12,14,16H,3-10H2,1-2H3. The van der Waals surface area contributed by atoms with E-state index in [0.717, 1.165) is 32.5 Å². The number of aliphatic hydroxyl groups is 1. The third-order valence-corrected chi connectivity index (χ3v) is 4.22. The number of likely N-dealkylation sites (tertiary alicyclic amines) is 1. The molecule has 0 aromatic carbocycles. The molecule has 94 valence electrons. The van der Waals surface area contributed by atoms with Crippen molar-refractivity contribution in [3.05, 3.63) is 0 Å². The topological polar surface area (TPSA) is 35.5 Å². The maximum absolute atomic E-state index is 10.5. The van der Waals surface area contributed by atoms with Crippen LogP contribution in [0.2, 0.25) is 0 Å². The van der Waals surface area contributed by atoms with E-state index < -0.39 is 5.60 Å². The molecular formula is C13H26N2O. The summed E-state index contributed by atoms with van der Waals surface area (Å²) in [5, 5.41) is 13.9. The first kappa shape index (κ1) is 12.3. The number of β-amino-alcohol motifs (C(OH)–C–C–N with tert-alkyl or cyclic N) is 1. The van der Waals surface area contributed by atoms with Gasteiger partial charge in [0, 0.05) is 12.6 Å². The molecule has 2 rings (SSSR count). The second kappa shape index (κ2) is 5.03. The fraction of sp³-hybridized carbons (Fsp3) is 1.00. The lowest BCUT2D eigenvalue weighted by Crippen LogP contribution is -2.51. The first-order valence-corrected chi connectivity index (χ1v) is 6.78. The highest BCUT2D eigenvalue weighted by molar-refractivity contribution is 4.91. The van der Waals surface area contributed by atoms with Crippen LogP contribution in [-0.4, -0.2) is 47.8 Å². The number of piperidine rings is 1. The summed E-state index contributed by atoms with van der Waals surface area (Å²) >= 11 is 0. The zero-order valence-electron chi connectivity index (χ0n) is 10.7. The Labute approximate surface area is 99.2 Å². The van der Waals surface area contributed by atoms with Crippen LogP contribution < -0.4 is 5.32 Å². The molecule has 0 radical (unpaired) electrons. The molecule has 2 N–H and O–H groups in total. The average Bonchev–Trinajstić information content (AvgIpc) is 2.66. The largest absolute Gasteiger partial charge is 0.388 e. The Morgan fingerprint density at radius 3 is 2.69 bits per heavy atom. The summed E-state index contributed by atoms with van der Waals surface area (Å²) < 4.78 is 0. The summed E-state index contributed by atoms with van der Waals surface area (Å²) in [4.78, 5) is 2.52. The monoisotopic (exact) mass is 226 g/mol. The highest BCUT2D eigenvalue weighted by atomic mass is 16.3. The molecule has 0 aliphatic carbocycles. The van der Waals surface area contributed by atoms with E-state index in [9.17, 15) is 5.11 Å². The lowest BCUT2D eigenvalue weighted by molar-refractivity contribution is -0.0273. The number of rotatable bonds is 3. The molecule has 0 amide bonds. The third kappa shape index (κ3) is 2.76. The molecule has 16 heavy (non-hydrogen) atoms. The molecular weight excluding hydrogens is 200 g/mol. The predicted molar refractivity (Wildman–Crippen MR) is 66.5 cm³/mol. The van der Waals surface area contributed by atoms with Crippen LogP contribution >= 0.6 is 0 Å². The minimum absolute atomic E-state index is 0.428. The van der Waals surface area contributed by atoms with Crippen molar-refractivity contribution < 1.29 is 5.11 Å². The normalized spacial score (nSPS) is 31.1. The molecule has 0 aromatic rings. The summed E-state index contributed by atoms with van der Waals surface area (Å²) in [6.07, 6.45) is 4.44. The van der Waals surface area contributed by atoms with Crippen molar-refractivity contribution in [2.75, 3.05) is 26.2 Å². The van der Waals surface area contributed by atoms with E-state index in [-0.39, 0.29) is 0 Å². The van der Waals surface area contributed by atoms with Gasteiger partial charge in [-0.3, -0.25) is 4.90 Å². The lowest BCUT2D eigenvalue weighted by atomic mass is 9.91. The molecule has 3 heteroatoms. The van der Waals surface area contributed by atoms with E-state index in [0.29, 0.717) is 12.0 Å². The van der Waals surface area contributed by atoms with Crippen molar-refractivity contribution in [2.45, 2.75) is 51.2 Å². The molecule has 0 aromatic heterocycles. The van der Waals surface area contributed by atoms with Gasteiger partial charge in [-0.2, -0.15) is 0 Å². The molecule has 0 saturated carbocycles. The van der Waals surface area contributed by atoms with Crippen LogP contribution in [0.1, 0.15) is 39.5 Å². The highest BCUT2D eigenvalue weighted by Crippen LogP contribution is 2.28. The van der Waals surface area contributed by atoms with Crippen LogP contribution in [0.15, 0.2) is 0 Å². The second-order valence-electron chi connectivity index (χ2n) is 5.90. The summed E-state index contributed by atoms with van der Waals surface area (Å²) in [6.45, 7) is 8.61. The first-order valence-electron chi connectivity index (χ1n) is 6.78. The smallest absolute Gasteiger partial charge is 0.0798 e. The van der Waals surface area contributed by atoms with E-state index in [4.69, 9.17) is 0 Å². The molecule has 2 saturated heterocycles. The summed E-state index contributed by atoms with van der Waals surface area (Å²) in [5.74, 6) is 0.716. The zero-order chi connectivity index (χ0) is 11.6. The highest BCUT2D eigenvalue weighted by Gasteiger charge is 2.36. The van der Waals surface area contributed by atoms with Crippen LogP contribution in [0.4, 0.5) is 0 Å². The van der Waals surface area contributed by atoms with Gasteiger partial charge in [0.15, 0.2) is 0 Å². The van der Waals surface area contributed by atoms with Crippen LogP contribution in [0, 0.1) is 5.92 Å². The van der Waals surface area contributed by atoms with Gasteiger partial charge in [-0.15, -0.1) is 0 Å². The Balaban J connectivity index is 1.92. The number of nitrogens with one attached hydrogen (secondary N) is 1. The van der Waals surface area contributed by atoms with Crippen molar-refractivity contribution in [1.29, 1.82) is 0 Å². The van der Waals surface area contributed by atoms with E-state index in [1.54, 1.807) is 0 Å². The summed E-state index contributed by atoms with van der Waals surface area (Å²) in [6, 6.07) is 0.693. The van der Waals surface area contributed by atoms with E-state index >= 15 is 0 Å². The zero-order valence-corrected chi connectivity index (χ0v) is 10.7. The Kier molecular flexibility index (Phi) is 3.88. The molecule has 2 heterocycles. The van der Waals surface area contributed by atoms with Crippen LogP contribution in [-0.2, 0) is 0 Å². The van der Waals surface area contributed by atoms with Crippen molar-refractivity contribution in [3.8, 4) is 0 Å². The molecule has 2 aliphatic heterocycles. The van der Waals surface area contributed by atoms with E-state index in [2.05, 4.69) is 24.1 Å². The molecule has 2 fully saturated rings. The maximum Gasteiger partial charge on any atom is 0.0798 e. The minimum atomic E-state index is -0.428. The van der Waals surface area contributed by atoms with Gasteiger partial charge in [0.2, 0.25) is 0 Å². The van der Waals surface area contributed by atoms with Crippen molar-refractivity contribution in [2.24, 2.45) is 5.92 Å². The third-order valence-electron chi connectivity index (χ3n) is 4.22. The number of hydrogen-bond acceptors (Lipinski definition) is 3. The minimum Gasteiger partial charge on any atom is -0.388 e. The fourth-order valence-electron chi connectivity index (χ4n) is 3.23. The summed E-state index contributed by atoms with van der Waals surface area (Å²) in [7, 11) is 0. The first-order chi connectivity index (χ1) is 7.61. The van der Waals surface area contributed by atoms with Gasteiger partial charge in [0.1, 0.15) is 0 Å². The fourth-order valence-corrected chi connectivity index (χ4v) is 3.23. The van der Waals surface area contributed by atoms with Crippen molar-refractivity contribution in [1.82, 2.24) is 10.2 Å². The van der Waals surface area contributed by atoms with Crippen LogP contribution in [0.5, 0.6) is 0 Å². The Morgan fingerprint density at radius 2 is 2.06 bits per heavy atom. The van der Waals surface area contributed by atoms with Gasteiger partial charge in [0.05, 0.1) is 5.60 Å². The maximum atomic E-state index is 10.5. The van der Waals surface area contributed by atoms with Crippen LogP contribution in [0.3, 0.4) is 0 Å². The van der Waals surface area contributed by atoms with E-state index in [1.165, 1.54) is 19.4 Å². The summed E-state index contributed by atoms with van der Waals surface area (Å²) in [5.41, 5.74) is -0.428. The molecule has 2 aliphatic rings. The average molecular weight is 226 g/mol. The van der Waals surface area contributed by atoms with Gasteiger partial charge < -0.3 is 10.4 Å². The predicted octanol–water partition coefficient (Wildman–Crippen LogP) is 1.22.